The normalized spacial score (nSPS) is 11.3. The van der Waals surface area contributed by atoms with E-state index < -0.39 is 11.9 Å². The zero-order valence-electron chi connectivity index (χ0n) is 20.9. The van der Waals surface area contributed by atoms with Crippen molar-refractivity contribution in [2.75, 3.05) is 5.73 Å². The van der Waals surface area contributed by atoms with E-state index in [-0.39, 0.29) is 17.9 Å². The van der Waals surface area contributed by atoms with Gasteiger partial charge in [0.2, 0.25) is 5.95 Å². The van der Waals surface area contributed by atoms with Gasteiger partial charge in [-0.15, -0.1) is 0 Å². The second-order valence-electron chi connectivity index (χ2n) is 6.69. The monoisotopic (exact) mass is 445 g/mol. The maximum atomic E-state index is 12.9. The van der Waals surface area contributed by atoms with Crippen molar-refractivity contribution in [3.8, 4) is 0 Å². The molecule has 4 rings (SSSR count). The molecule has 6 heteroatoms. The Morgan fingerprint density at radius 3 is 2.22 bits per heavy atom. The molecular weight excluding hydrogens is 405 g/mol. The van der Waals surface area contributed by atoms with Crippen LogP contribution in [0.5, 0.6) is 0 Å². The number of halogens is 1. The van der Waals surface area contributed by atoms with E-state index in [0.717, 1.165) is 28.5 Å². The zero-order chi connectivity index (χ0) is 24.7. The number of pyridine rings is 1. The number of nitrogens with zero attached hydrogens (tertiary/aromatic N) is 1. The molecule has 1 saturated carbocycles. The number of aryl methyl sites for hydroxylation is 1. The molecule has 0 aliphatic heterocycles. The smallest absolute Gasteiger partial charge is 0.255 e. The number of benzene rings is 1. The number of fused-ring (bicyclic) bond motifs is 1. The SMILES string of the molecule is CC.CC.CC.CC1CC1.Cc1ccc2cc(CNC(=O)c3ccc(F)nc3N)oc2c1. The van der Waals surface area contributed by atoms with Crippen molar-refractivity contribution in [1.29, 1.82) is 0 Å². The third-order valence-corrected chi connectivity index (χ3v) is 4.15. The summed E-state index contributed by atoms with van der Waals surface area (Å²) in [6.07, 6.45) is 2.97. The van der Waals surface area contributed by atoms with Gasteiger partial charge in [0.25, 0.3) is 5.91 Å². The molecule has 0 atom stereocenters. The highest BCUT2D eigenvalue weighted by molar-refractivity contribution is 5.98. The van der Waals surface area contributed by atoms with Crippen LogP contribution in [0.2, 0.25) is 0 Å². The van der Waals surface area contributed by atoms with Crippen molar-refractivity contribution >= 4 is 22.7 Å². The molecule has 1 fully saturated rings. The van der Waals surface area contributed by atoms with Gasteiger partial charge in [-0.2, -0.15) is 4.39 Å². The molecule has 5 nitrogen and oxygen atoms in total. The number of hydrogen-bond acceptors (Lipinski definition) is 4. The summed E-state index contributed by atoms with van der Waals surface area (Å²) in [6.45, 7) is 16.5. The van der Waals surface area contributed by atoms with E-state index in [1.807, 2.05) is 72.7 Å². The minimum Gasteiger partial charge on any atom is -0.459 e. The summed E-state index contributed by atoms with van der Waals surface area (Å²) in [5.41, 5.74) is 7.54. The van der Waals surface area contributed by atoms with E-state index in [0.29, 0.717) is 5.76 Å². The fourth-order valence-corrected chi connectivity index (χ4v) is 2.35. The van der Waals surface area contributed by atoms with Gasteiger partial charge in [-0.05, 0) is 42.7 Å². The number of rotatable bonds is 3. The number of hydrogen-bond donors (Lipinski definition) is 2. The predicted octanol–water partition coefficient (Wildman–Crippen LogP) is 7.28. The van der Waals surface area contributed by atoms with Crippen LogP contribution < -0.4 is 11.1 Å². The van der Waals surface area contributed by atoms with Crippen molar-refractivity contribution in [2.24, 2.45) is 5.92 Å². The first-order valence-electron chi connectivity index (χ1n) is 11.6. The number of carbonyl (C=O) groups is 1. The highest BCUT2D eigenvalue weighted by atomic mass is 19.1. The summed E-state index contributed by atoms with van der Waals surface area (Å²) in [7, 11) is 0. The maximum Gasteiger partial charge on any atom is 0.255 e. The van der Waals surface area contributed by atoms with Crippen LogP contribution in [-0.2, 0) is 6.54 Å². The lowest BCUT2D eigenvalue weighted by Gasteiger charge is -2.05. The molecule has 2 aromatic heterocycles. The first-order valence-corrected chi connectivity index (χ1v) is 11.6. The van der Waals surface area contributed by atoms with Crippen molar-refractivity contribution in [2.45, 2.75) is 74.8 Å². The van der Waals surface area contributed by atoms with Gasteiger partial charge in [-0.3, -0.25) is 4.79 Å². The van der Waals surface area contributed by atoms with Crippen LogP contribution in [0.4, 0.5) is 10.2 Å². The fraction of sp³-hybridized carbons (Fsp3) is 0.462. The molecule has 0 saturated heterocycles. The van der Waals surface area contributed by atoms with Gasteiger partial charge in [0.15, 0.2) is 0 Å². The minimum atomic E-state index is -0.721. The van der Waals surface area contributed by atoms with Crippen LogP contribution in [0.3, 0.4) is 0 Å². The Morgan fingerprint density at radius 1 is 1.09 bits per heavy atom. The highest BCUT2D eigenvalue weighted by Gasteiger charge is 2.13. The fourth-order valence-electron chi connectivity index (χ4n) is 2.35. The van der Waals surface area contributed by atoms with Gasteiger partial charge in [0, 0.05) is 5.39 Å². The van der Waals surface area contributed by atoms with Crippen LogP contribution in [-0.4, -0.2) is 10.9 Å². The Balaban J connectivity index is 0.000000819. The number of aromatic nitrogens is 1. The van der Waals surface area contributed by atoms with Gasteiger partial charge in [-0.1, -0.05) is 73.4 Å². The molecule has 1 amide bonds. The molecule has 0 spiro atoms. The first kappa shape index (κ1) is 29.1. The van der Waals surface area contributed by atoms with Crippen molar-refractivity contribution in [3.05, 3.63) is 59.2 Å². The Bertz CT molecular complexity index is 934. The van der Waals surface area contributed by atoms with Crippen molar-refractivity contribution < 1.29 is 13.6 Å². The average molecular weight is 446 g/mol. The largest absolute Gasteiger partial charge is 0.459 e. The quantitative estimate of drug-likeness (QED) is 0.415. The molecule has 0 bridgehead atoms. The lowest BCUT2D eigenvalue weighted by atomic mass is 10.2. The van der Waals surface area contributed by atoms with Gasteiger partial charge >= 0.3 is 0 Å². The Kier molecular flexibility index (Phi) is 14.4. The molecule has 0 radical (unpaired) electrons. The molecule has 2 heterocycles. The Morgan fingerprint density at radius 2 is 1.69 bits per heavy atom. The molecule has 1 aliphatic carbocycles. The van der Waals surface area contributed by atoms with E-state index in [2.05, 4.69) is 17.2 Å². The summed E-state index contributed by atoms with van der Waals surface area (Å²) >= 11 is 0. The second-order valence-corrected chi connectivity index (χ2v) is 6.69. The number of furan rings is 1. The first-order chi connectivity index (χ1) is 15.4. The number of carbonyl (C=O) groups excluding carboxylic acids is 1. The predicted molar refractivity (Wildman–Crippen MR) is 133 cm³/mol. The van der Waals surface area contributed by atoms with Crippen LogP contribution in [0, 0.1) is 18.8 Å². The van der Waals surface area contributed by atoms with Crippen molar-refractivity contribution in [3.63, 3.8) is 0 Å². The molecule has 0 unspecified atom stereocenters. The Hall–Kier alpha value is -2.89. The topological polar surface area (TPSA) is 81.2 Å². The highest BCUT2D eigenvalue weighted by Crippen LogP contribution is 2.26. The number of nitrogens with one attached hydrogen (secondary N) is 1. The zero-order valence-corrected chi connectivity index (χ0v) is 20.9. The lowest BCUT2D eigenvalue weighted by molar-refractivity contribution is 0.0948. The Labute approximate surface area is 192 Å². The third-order valence-electron chi connectivity index (χ3n) is 4.15. The van der Waals surface area contributed by atoms with Gasteiger partial charge in [-0.25, -0.2) is 4.98 Å². The van der Waals surface area contributed by atoms with Crippen LogP contribution >= 0.6 is 0 Å². The average Bonchev–Trinajstić information content (AvgIpc) is 3.49. The summed E-state index contributed by atoms with van der Waals surface area (Å²) in [5.74, 6) is 0.420. The van der Waals surface area contributed by atoms with Crippen LogP contribution in [0.15, 0.2) is 40.8 Å². The molecule has 3 aromatic rings. The molecule has 32 heavy (non-hydrogen) atoms. The summed E-state index contributed by atoms with van der Waals surface area (Å²) in [5, 5.41) is 3.65. The number of amides is 1. The maximum absolute atomic E-state index is 12.9. The van der Waals surface area contributed by atoms with E-state index in [4.69, 9.17) is 10.2 Å². The molecular formula is C26H40FN3O2. The number of nitrogen functional groups attached to an aromatic ring is 1. The third kappa shape index (κ3) is 9.94. The van der Waals surface area contributed by atoms with E-state index in [1.54, 1.807) is 0 Å². The molecule has 1 aromatic carbocycles. The number of anilines is 1. The van der Waals surface area contributed by atoms with Gasteiger partial charge in [0.05, 0.1) is 12.1 Å². The summed E-state index contributed by atoms with van der Waals surface area (Å²) in [4.78, 5) is 15.4. The van der Waals surface area contributed by atoms with Gasteiger partial charge in [0.1, 0.15) is 17.2 Å². The molecule has 3 N–H and O–H groups in total. The standard InChI is InChI=1S/C16H14FN3O2.C4H8.3C2H6/c1-9-2-3-10-7-11(22-13(10)6-9)8-19-16(21)12-4-5-14(17)20-15(12)18;1-4-2-3-4;3*1-2/h2-7H,8H2,1H3,(H2,18,20)(H,19,21);4H,2-3H2,1H3;3*1-2H3. The second kappa shape index (κ2) is 15.8. The number of nitrogens with two attached hydrogens (primary N) is 1. The van der Waals surface area contributed by atoms with E-state index >= 15 is 0 Å². The van der Waals surface area contributed by atoms with E-state index in [1.165, 1.54) is 18.9 Å². The van der Waals surface area contributed by atoms with Crippen LogP contribution in [0.1, 0.15) is 83.0 Å². The van der Waals surface area contributed by atoms with Crippen molar-refractivity contribution in [1.82, 2.24) is 10.3 Å². The molecule has 178 valence electrons. The van der Waals surface area contributed by atoms with E-state index in [9.17, 15) is 9.18 Å². The molecule has 1 aliphatic rings. The summed E-state index contributed by atoms with van der Waals surface area (Å²) < 4.78 is 18.5. The minimum absolute atomic E-state index is 0.133. The van der Waals surface area contributed by atoms with Gasteiger partial charge < -0.3 is 15.5 Å². The lowest BCUT2D eigenvalue weighted by Crippen LogP contribution is -2.24. The van der Waals surface area contributed by atoms with Crippen LogP contribution in [0.25, 0.3) is 11.0 Å². The summed E-state index contributed by atoms with van der Waals surface area (Å²) in [6, 6.07) is 10.1.